The van der Waals surface area contributed by atoms with Crippen LogP contribution in [0.3, 0.4) is 0 Å². The van der Waals surface area contributed by atoms with Crippen LogP contribution >= 0.6 is 46.4 Å². The lowest BCUT2D eigenvalue weighted by Crippen LogP contribution is -2.37. The van der Waals surface area contributed by atoms with Gasteiger partial charge < -0.3 is 5.32 Å². The van der Waals surface area contributed by atoms with E-state index in [0.29, 0.717) is 10.7 Å². The van der Waals surface area contributed by atoms with Crippen molar-refractivity contribution in [2.24, 2.45) is 0 Å². The zero-order chi connectivity index (χ0) is 18.8. The van der Waals surface area contributed by atoms with Crippen LogP contribution in [0.15, 0.2) is 36.4 Å². The number of hydrogen-bond donors (Lipinski definition) is 1. The zero-order valence-electron chi connectivity index (χ0n) is 12.8. The zero-order valence-corrected chi connectivity index (χ0v) is 16.6. The summed E-state index contributed by atoms with van der Waals surface area (Å²) in [5.74, 6) is -0.574. The van der Waals surface area contributed by atoms with Crippen LogP contribution in [0.5, 0.6) is 0 Å². The van der Waals surface area contributed by atoms with Crippen molar-refractivity contribution < 1.29 is 13.2 Å². The first-order valence-corrected chi connectivity index (χ1v) is 10.1. The molecule has 0 spiro atoms. The van der Waals surface area contributed by atoms with Gasteiger partial charge in [-0.3, -0.25) is 9.10 Å². The predicted octanol–water partition coefficient (Wildman–Crippen LogP) is 4.70. The number of carbonyl (C=O) groups is 1. The normalized spacial score (nSPS) is 11.2. The summed E-state index contributed by atoms with van der Waals surface area (Å²) < 4.78 is 25.1. The van der Waals surface area contributed by atoms with Gasteiger partial charge in [-0.1, -0.05) is 52.5 Å². The highest BCUT2D eigenvalue weighted by atomic mass is 35.5. The molecule has 1 amide bonds. The first-order valence-electron chi connectivity index (χ1n) is 6.75. The quantitative estimate of drug-likeness (QED) is 0.683. The van der Waals surface area contributed by atoms with E-state index in [4.69, 9.17) is 46.4 Å². The fourth-order valence-electron chi connectivity index (χ4n) is 1.98. The van der Waals surface area contributed by atoms with E-state index in [2.05, 4.69) is 5.32 Å². The predicted molar refractivity (Wildman–Crippen MR) is 104 cm³/mol. The number of rotatable bonds is 5. The molecule has 0 radical (unpaired) electrons. The van der Waals surface area contributed by atoms with E-state index in [-0.39, 0.29) is 20.8 Å². The lowest BCUT2D eigenvalue weighted by Gasteiger charge is -2.23. The Kier molecular flexibility index (Phi) is 6.45. The molecule has 0 atom stereocenters. The third-order valence-electron chi connectivity index (χ3n) is 3.05. The Balaban J connectivity index is 2.30. The van der Waals surface area contributed by atoms with E-state index in [1.54, 1.807) is 18.2 Å². The van der Waals surface area contributed by atoms with Crippen LogP contribution in [-0.4, -0.2) is 27.1 Å². The number of benzene rings is 2. The molecule has 134 valence electrons. The van der Waals surface area contributed by atoms with Gasteiger partial charge in [0.05, 0.1) is 27.0 Å². The van der Waals surface area contributed by atoms with Gasteiger partial charge in [0.1, 0.15) is 6.54 Å². The highest BCUT2D eigenvalue weighted by Gasteiger charge is 2.24. The van der Waals surface area contributed by atoms with Crippen molar-refractivity contribution in [2.75, 3.05) is 22.4 Å². The molecule has 10 heteroatoms. The van der Waals surface area contributed by atoms with Gasteiger partial charge in [0.25, 0.3) is 0 Å². The molecular formula is C15H12Cl4N2O3S. The SMILES string of the molecule is CS(=O)(=O)N(CC(=O)Nc1cccc(Cl)c1)c1cc(Cl)c(Cl)cc1Cl. The van der Waals surface area contributed by atoms with Gasteiger partial charge in [-0.2, -0.15) is 0 Å². The van der Waals surface area contributed by atoms with E-state index in [1.807, 2.05) is 0 Å². The van der Waals surface area contributed by atoms with Crippen LogP contribution in [0, 0.1) is 0 Å². The molecule has 0 aliphatic carbocycles. The Morgan fingerprint density at radius 3 is 2.28 bits per heavy atom. The molecule has 0 aromatic heterocycles. The van der Waals surface area contributed by atoms with Crippen molar-refractivity contribution in [1.29, 1.82) is 0 Å². The van der Waals surface area contributed by atoms with E-state index in [9.17, 15) is 13.2 Å². The lowest BCUT2D eigenvalue weighted by molar-refractivity contribution is -0.114. The number of nitrogens with one attached hydrogen (secondary N) is 1. The number of nitrogens with zero attached hydrogens (tertiary/aromatic N) is 1. The third kappa shape index (κ3) is 5.39. The summed E-state index contributed by atoms with van der Waals surface area (Å²) in [6.45, 7) is -0.497. The molecule has 2 aromatic carbocycles. The van der Waals surface area contributed by atoms with Crippen molar-refractivity contribution in [3.05, 3.63) is 56.5 Å². The second-order valence-corrected chi connectivity index (χ2v) is 8.61. The Morgan fingerprint density at radius 1 is 1.04 bits per heavy atom. The van der Waals surface area contributed by atoms with Crippen LogP contribution in [0.2, 0.25) is 20.1 Å². The summed E-state index contributed by atoms with van der Waals surface area (Å²) in [6, 6.07) is 9.07. The van der Waals surface area contributed by atoms with Gasteiger partial charge in [-0.25, -0.2) is 8.42 Å². The minimum atomic E-state index is -3.81. The monoisotopic (exact) mass is 440 g/mol. The van der Waals surface area contributed by atoms with Crippen molar-refractivity contribution in [2.45, 2.75) is 0 Å². The van der Waals surface area contributed by atoms with Crippen LogP contribution in [0.25, 0.3) is 0 Å². The average molecular weight is 442 g/mol. The standard InChI is InChI=1S/C15H12Cl4N2O3S/c1-25(23,24)21(14-7-12(18)11(17)6-13(14)19)8-15(22)20-10-4-2-3-9(16)5-10/h2-7H,8H2,1H3,(H,20,22). The topological polar surface area (TPSA) is 66.5 Å². The summed E-state index contributed by atoms with van der Waals surface area (Å²) in [7, 11) is -3.81. The van der Waals surface area contributed by atoms with Gasteiger partial charge in [-0.05, 0) is 30.3 Å². The van der Waals surface area contributed by atoms with Crippen LogP contribution in [0.4, 0.5) is 11.4 Å². The molecule has 2 aromatic rings. The van der Waals surface area contributed by atoms with E-state index >= 15 is 0 Å². The molecule has 25 heavy (non-hydrogen) atoms. The largest absolute Gasteiger partial charge is 0.324 e. The minimum Gasteiger partial charge on any atom is -0.324 e. The van der Waals surface area contributed by atoms with Crippen molar-refractivity contribution >= 4 is 73.7 Å². The number of anilines is 2. The minimum absolute atomic E-state index is 0.0513. The fraction of sp³-hybridized carbons (Fsp3) is 0.133. The fourth-order valence-corrected chi connectivity index (χ4v) is 3.73. The van der Waals surface area contributed by atoms with Gasteiger partial charge in [0.2, 0.25) is 15.9 Å². The number of amides is 1. The first kappa shape index (κ1) is 20.1. The maximum Gasteiger partial charge on any atom is 0.245 e. The summed E-state index contributed by atoms with van der Waals surface area (Å²) in [5.41, 5.74) is 0.492. The molecule has 0 saturated carbocycles. The first-order chi connectivity index (χ1) is 11.6. The van der Waals surface area contributed by atoms with Gasteiger partial charge in [0, 0.05) is 10.7 Å². The molecule has 5 nitrogen and oxygen atoms in total. The Hall–Kier alpha value is -1.18. The van der Waals surface area contributed by atoms with Crippen LogP contribution in [0.1, 0.15) is 0 Å². The molecule has 0 saturated heterocycles. The second-order valence-electron chi connectivity index (χ2n) is 5.05. The number of sulfonamides is 1. The highest BCUT2D eigenvalue weighted by molar-refractivity contribution is 7.92. The highest BCUT2D eigenvalue weighted by Crippen LogP contribution is 2.35. The Bertz CT molecular complexity index is 919. The number of carbonyl (C=O) groups excluding carboxylic acids is 1. The maximum atomic E-state index is 12.3. The number of halogens is 4. The molecule has 0 bridgehead atoms. The summed E-state index contributed by atoms with van der Waals surface area (Å²) in [4.78, 5) is 12.3. The second kappa shape index (κ2) is 8.01. The third-order valence-corrected chi connectivity index (χ3v) is 5.44. The molecule has 0 heterocycles. The van der Waals surface area contributed by atoms with E-state index in [0.717, 1.165) is 10.6 Å². The summed E-state index contributed by atoms with van der Waals surface area (Å²) in [5, 5.41) is 3.34. The molecule has 0 aliphatic rings. The van der Waals surface area contributed by atoms with Crippen LogP contribution in [-0.2, 0) is 14.8 Å². The van der Waals surface area contributed by atoms with Crippen LogP contribution < -0.4 is 9.62 Å². The smallest absolute Gasteiger partial charge is 0.245 e. The van der Waals surface area contributed by atoms with Gasteiger partial charge in [-0.15, -0.1) is 0 Å². The van der Waals surface area contributed by atoms with Gasteiger partial charge in [0.15, 0.2) is 0 Å². The van der Waals surface area contributed by atoms with Crippen molar-refractivity contribution in [3.8, 4) is 0 Å². The van der Waals surface area contributed by atoms with Crippen molar-refractivity contribution in [3.63, 3.8) is 0 Å². The van der Waals surface area contributed by atoms with Gasteiger partial charge >= 0.3 is 0 Å². The molecule has 0 fully saturated rings. The maximum absolute atomic E-state index is 12.3. The molecular weight excluding hydrogens is 430 g/mol. The molecule has 0 unspecified atom stereocenters. The Labute approximate surface area is 165 Å². The molecule has 2 rings (SSSR count). The lowest BCUT2D eigenvalue weighted by atomic mass is 10.3. The number of hydrogen-bond acceptors (Lipinski definition) is 3. The van der Waals surface area contributed by atoms with E-state index < -0.39 is 22.5 Å². The Morgan fingerprint density at radius 2 is 1.68 bits per heavy atom. The van der Waals surface area contributed by atoms with Crippen molar-refractivity contribution in [1.82, 2.24) is 0 Å². The van der Waals surface area contributed by atoms with E-state index in [1.165, 1.54) is 18.2 Å². The molecule has 0 aliphatic heterocycles. The average Bonchev–Trinajstić information content (AvgIpc) is 2.48. The summed E-state index contributed by atoms with van der Waals surface area (Å²) in [6.07, 6.45) is 0.957. The molecule has 1 N–H and O–H groups in total. The summed E-state index contributed by atoms with van der Waals surface area (Å²) >= 11 is 23.7.